The van der Waals surface area contributed by atoms with Gasteiger partial charge in [-0.25, -0.2) is 5.43 Å². The lowest BCUT2D eigenvalue weighted by Gasteiger charge is -2.08. The first kappa shape index (κ1) is 18.2. The minimum atomic E-state index is 0.0926. The van der Waals surface area contributed by atoms with Gasteiger partial charge >= 0.3 is 0 Å². The van der Waals surface area contributed by atoms with E-state index in [1.54, 1.807) is 24.4 Å². The zero-order chi connectivity index (χ0) is 18.1. The van der Waals surface area contributed by atoms with Crippen LogP contribution in [-0.2, 0) is 0 Å². The number of anilines is 3. The van der Waals surface area contributed by atoms with Crippen molar-refractivity contribution in [1.29, 1.82) is 0 Å². The van der Waals surface area contributed by atoms with Crippen molar-refractivity contribution in [3.05, 3.63) is 23.8 Å². The van der Waals surface area contributed by atoms with Crippen LogP contribution in [0.15, 0.2) is 23.3 Å². The highest BCUT2D eigenvalue weighted by atomic mass is 16.5. The first-order valence-electron chi connectivity index (χ1n) is 8.14. The molecule has 2 rings (SSSR count). The zero-order valence-corrected chi connectivity index (χ0v) is 14.6. The van der Waals surface area contributed by atoms with Crippen molar-refractivity contribution in [3.8, 4) is 11.5 Å². The molecule has 1 aromatic heterocycles. The molecule has 25 heavy (non-hydrogen) atoms. The molecule has 9 heteroatoms. The van der Waals surface area contributed by atoms with Gasteiger partial charge in [-0.3, -0.25) is 0 Å². The minimum absolute atomic E-state index is 0.0926. The molecule has 1 aromatic carbocycles. The van der Waals surface area contributed by atoms with Crippen LogP contribution < -0.4 is 20.8 Å². The Balaban J connectivity index is 2.11. The third kappa shape index (κ3) is 5.48. The number of aromatic nitrogens is 3. The van der Waals surface area contributed by atoms with Crippen molar-refractivity contribution in [3.63, 3.8) is 0 Å². The number of hydrazone groups is 1. The van der Waals surface area contributed by atoms with Gasteiger partial charge in [0.15, 0.2) is 11.5 Å². The predicted molar refractivity (Wildman–Crippen MR) is 98.6 cm³/mol. The summed E-state index contributed by atoms with van der Waals surface area (Å²) in [6.45, 7) is 7.65. The van der Waals surface area contributed by atoms with Gasteiger partial charge in [0, 0.05) is 13.1 Å². The lowest BCUT2D eigenvalue weighted by Crippen LogP contribution is -2.10. The summed E-state index contributed by atoms with van der Waals surface area (Å²) in [6, 6.07) is 4.98. The summed E-state index contributed by atoms with van der Waals surface area (Å²) in [6.07, 6.45) is 1.59. The highest BCUT2D eigenvalue weighted by molar-refractivity contribution is 5.81. The van der Waals surface area contributed by atoms with E-state index < -0.39 is 0 Å². The van der Waals surface area contributed by atoms with Gasteiger partial charge in [0.25, 0.3) is 0 Å². The van der Waals surface area contributed by atoms with Crippen LogP contribution in [0.4, 0.5) is 17.8 Å². The molecule has 9 nitrogen and oxygen atoms in total. The maximum Gasteiger partial charge on any atom is 0.250 e. The second-order valence-corrected chi connectivity index (χ2v) is 4.90. The van der Waals surface area contributed by atoms with Crippen molar-refractivity contribution in [2.75, 3.05) is 35.8 Å². The Morgan fingerprint density at radius 2 is 1.68 bits per heavy atom. The maximum atomic E-state index is 9.71. The second-order valence-electron chi connectivity index (χ2n) is 4.90. The largest absolute Gasteiger partial charge is 0.504 e. The van der Waals surface area contributed by atoms with E-state index in [1.165, 1.54) is 0 Å². The van der Waals surface area contributed by atoms with E-state index in [-0.39, 0.29) is 5.75 Å². The van der Waals surface area contributed by atoms with Crippen LogP contribution in [0.3, 0.4) is 0 Å². The summed E-state index contributed by atoms with van der Waals surface area (Å²) >= 11 is 0. The van der Waals surface area contributed by atoms with Crippen molar-refractivity contribution in [2.24, 2.45) is 5.10 Å². The molecule has 134 valence electrons. The standard InChI is InChI=1S/C16H23N7O2/c1-4-17-14-20-15(18-5-2)22-16(21-14)23-19-10-11-7-8-12(24)13(9-11)25-6-3/h7-10,24H,4-6H2,1-3H3,(H3,17,18,20,21,22,23)/b19-10+. The molecule has 0 fully saturated rings. The maximum absolute atomic E-state index is 9.71. The SMILES string of the molecule is CCNc1nc(NCC)nc(N/N=C/c2ccc(O)c(OCC)c2)n1. The van der Waals surface area contributed by atoms with Crippen LogP contribution in [0.1, 0.15) is 26.3 Å². The van der Waals surface area contributed by atoms with E-state index in [2.05, 4.69) is 36.1 Å². The molecule has 0 saturated carbocycles. The molecule has 4 N–H and O–H groups in total. The molecule has 0 atom stereocenters. The van der Waals surface area contributed by atoms with E-state index in [9.17, 15) is 5.11 Å². The number of aromatic hydroxyl groups is 1. The third-order valence-electron chi connectivity index (χ3n) is 2.97. The van der Waals surface area contributed by atoms with E-state index in [0.717, 1.165) is 5.56 Å². The smallest absolute Gasteiger partial charge is 0.250 e. The Bertz CT molecular complexity index is 697. The molecule has 0 radical (unpaired) electrons. The molecule has 0 aliphatic heterocycles. The van der Waals surface area contributed by atoms with Crippen LogP contribution in [0.25, 0.3) is 0 Å². The van der Waals surface area contributed by atoms with Crippen molar-refractivity contribution < 1.29 is 9.84 Å². The average Bonchev–Trinajstić information content (AvgIpc) is 2.58. The number of benzene rings is 1. The van der Waals surface area contributed by atoms with Gasteiger partial charge in [-0.2, -0.15) is 20.1 Å². The van der Waals surface area contributed by atoms with Crippen LogP contribution in [0, 0.1) is 0 Å². The molecular weight excluding hydrogens is 322 g/mol. The minimum Gasteiger partial charge on any atom is -0.504 e. The summed E-state index contributed by atoms with van der Waals surface area (Å²) in [5, 5.41) is 19.9. The van der Waals surface area contributed by atoms with Gasteiger partial charge in [-0.05, 0) is 44.5 Å². The predicted octanol–water partition coefficient (Wildman–Crippen LogP) is 2.29. The number of ether oxygens (including phenoxy) is 1. The van der Waals surface area contributed by atoms with Gasteiger partial charge < -0.3 is 20.5 Å². The topological polar surface area (TPSA) is 117 Å². The summed E-state index contributed by atoms with van der Waals surface area (Å²) < 4.78 is 5.35. The number of hydrogen-bond donors (Lipinski definition) is 4. The Morgan fingerprint density at radius 1 is 1.04 bits per heavy atom. The Morgan fingerprint density at radius 3 is 2.28 bits per heavy atom. The Labute approximate surface area is 146 Å². The van der Waals surface area contributed by atoms with Gasteiger partial charge in [-0.15, -0.1) is 0 Å². The molecule has 0 aliphatic carbocycles. The Hall–Kier alpha value is -3.10. The first-order valence-corrected chi connectivity index (χ1v) is 8.14. The van der Waals surface area contributed by atoms with Crippen molar-refractivity contribution >= 4 is 24.1 Å². The van der Waals surface area contributed by atoms with Gasteiger partial charge in [0.05, 0.1) is 12.8 Å². The van der Waals surface area contributed by atoms with Gasteiger partial charge in [0.2, 0.25) is 17.8 Å². The Kier molecular flexibility index (Phi) is 6.76. The summed E-state index contributed by atoms with van der Waals surface area (Å²) in [4.78, 5) is 12.7. The normalized spacial score (nSPS) is 10.7. The average molecular weight is 345 g/mol. The van der Waals surface area contributed by atoms with Crippen LogP contribution in [0.2, 0.25) is 0 Å². The third-order valence-corrected chi connectivity index (χ3v) is 2.97. The van der Waals surface area contributed by atoms with Gasteiger partial charge in [0.1, 0.15) is 0 Å². The molecule has 0 aliphatic rings. The number of phenols is 1. The number of phenolic OH excluding ortho intramolecular Hbond substituents is 1. The van der Waals surface area contributed by atoms with Crippen LogP contribution >= 0.6 is 0 Å². The number of hydrogen-bond acceptors (Lipinski definition) is 9. The monoisotopic (exact) mass is 345 g/mol. The van der Waals surface area contributed by atoms with E-state index in [0.29, 0.717) is 43.3 Å². The molecule has 0 spiro atoms. The number of nitrogens with one attached hydrogen (secondary N) is 3. The molecular formula is C16H23N7O2. The fourth-order valence-electron chi connectivity index (χ4n) is 1.95. The lowest BCUT2D eigenvalue weighted by molar-refractivity contribution is 0.318. The fourth-order valence-corrected chi connectivity index (χ4v) is 1.95. The quantitative estimate of drug-likeness (QED) is 0.404. The van der Waals surface area contributed by atoms with Crippen molar-refractivity contribution in [1.82, 2.24) is 15.0 Å². The summed E-state index contributed by atoms with van der Waals surface area (Å²) in [5.74, 6) is 1.76. The fraction of sp³-hybridized carbons (Fsp3) is 0.375. The number of nitrogens with zero attached hydrogens (tertiary/aromatic N) is 4. The van der Waals surface area contributed by atoms with Gasteiger partial charge in [-0.1, -0.05) is 0 Å². The molecule has 0 saturated heterocycles. The van der Waals surface area contributed by atoms with Crippen molar-refractivity contribution in [2.45, 2.75) is 20.8 Å². The first-order chi connectivity index (χ1) is 12.2. The molecule has 0 bridgehead atoms. The highest BCUT2D eigenvalue weighted by Gasteiger charge is 2.05. The highest BCUT2D eigenvalue weighted by Crippen LogP contribution is 2.26. The van der Waals surface area contributed by atoms with E-state index >= 15 is 0 Å². The van der Waals surface area contributed by atoms with E-state index in [4.69, 9.17) is 4.74 Å². The molecule has 2 aromatic rings. The summed E-state index contributed by atoms with van der Waals surface area (Å²) in [7, 11) is 0. The zero-order valence-electron chi connectivity index (χ0n) is 14.6. The van der Waals surface area contributed by atoms with E-state index in [1.807, 2.05) is 20.8 Å². The summed E-state index contributed by atoms with van der Waals surface area (Å²) in [5.41, 5.74) is 3.55. The molecule has 1 heterocycles. The lowest BCUT2D eigenvalue weighted by atomic mass is 10.2. The second kappa shape index (κ2) is 9.26. The van der Waals surface area contributed by atoms with Crippen LogP contribution in [0.5, 0.6) is 11.5 Å². The molecule has 0 unspecified atom stereocenters. The number of rotatable bonds is 9. The molecule has 0 amide bonds. The van der Waals surface area contributed by atoms with Crippen LogP contribution in [-0.4, -0.2) is 46.0 Å².